The highest BCUT2D eigenvalue weighted by Gasteiger charge is 2.51. The molecule has 1 aromatic heterocycles. The number of rotatable bonds is 5. The Bertz CT molecular complexity index is 737. The minimum atomic E-state index is -0.926. The lowest BCUT2D eigenvalue weighted by Crippen LogP contribution is -2.36. The van der Waals surface area contributed by atoms with E-state index in [2.05, 4.69) is 10.6 Å². The van der Waals surface area contributed by atoms with Crippen molar-refractivity contribution in [1.29, 1.82) is 0 Å². The summed E-state index contributed by atoms with van der Waals surface area (Å²) in [4.78, 5) is 36.4. The van der Waals surface area contributed by atoms with E-state index in [4.69, 9.17) is 0 Å². The van der Waals surface area contributed by atoms with Crippen LogP contribution in [0.3, 0.4) is 0 Å². The summed E-state index contributed by atoms with van der Waals surface area (Å²) >= 11 is 1.28. The SMILES string of the molecule is O=C(NC1CC1)c1ccsc1NC(=O)[C@@H]1[C@@H](C(=O)O)[C@H]2C=C[C@@H]1C2. The Balaban J connectivity index is 1.50. The molecule has 0 aromatic carbocycles. The Labute approximate surface area is 142 Å². The number of allylic oxidation sites excluding steroid dienone is 2. The van der Waals surface area contributed by atoms with Crippen molar-refractivity contribution in [2.45, 2.75) is 25.3 Å². The fraction of sp³-hybridized carbons (Fsp3) is 0.471. The molecule has 0 aliphatic heterocycles. The Morgan fingerprint density at radius 3 is 2.50 bits per heavy atom. The highest BCUT2D eigenvalue weighted by Crippen LogP contribution is 2.48. The summed E-state index contributed by atoms with van der Waals surface area (Å²) < 4.78 is 0. The number of nitrogens with one attached hydrogen (secondary N) is 2. The predicted octanol–water partition coefficient (Wildman–Crippen LogP) is 2.10. The molecule has 6 nitrogen and oxygen atoms in total. The molecule has 1 heterocycles. The number of hydrogen-bond acceptors (Lipinski definition) is 4. The lowest BCUT2D eigenvalue weighted by Gasteiger charge is -2.23. The van der Waals surface area contributed by atoms with Crippen LogP contribution in [0.15, 0.2) is 23.6 Å². The molecule has 2 fully saturated rings. The summed E-state index contributed by atoms with van der Waals surface area (Å²) in [5.41, 5.74) is 0.450. The lowest BCUT2D eigenvalue weighted by atomic mass is 9.82. The summed E-state index contributed by atoms with van der Waals surface area (Å²) in [6.07, 6.45) is 6.57. The monoisotopic (exact) mass is 346 g/mol. The lowest BCUT2D eigenvalue weighted by molar-refractivity contribution is -0.146. The van der Waals surface area contributed by atoms with Gasteiger partial charge in [0.15, 0.2) is 0 Å². The van der Waals surface area contributed by atoms with Gasteiger partial charge in [-0.15, -0.1) is 11.3 Å². The number of carbonyl (C=O) groups excluding carboxylic acids is 2. The fourth-order valence-electron chi connectivity index (χ4n) is 3.79. The molecule has 3 aliphatic carbocycles. The van der Waals surface area contributed by atoms with Crippen molar-refractivity contribution in [3.05, 3.63) is 29.2 Å². The summed E-state index contributed by atoms with van der Waals surface area (Å²) in [5.74, 6) is -2.75. The van der Waals surface area contributed by atoms with Crippen LogP contribution in [0.1, 0.15) is 29.6 Å². The molecule has 126 valence electrons. The zero-order valence-electron chi connectivity index (χ0n) is 12.9. The summed E-state index contributed by atoms with van der Waals surface area (Å²) in [6.45, 7) is 0. The van der Waals surface area contributed by atoms with E-state index >= 15 is 0 Å². The third-order valence-corrected chi connectivity index (χ3v) is 5.94. The number of carboxylic acids is 1. The molecule has 0 unspecified atom stereocenters. The van der Waals surface area contributed by atoms with E-state index < -0.39 is 17.8 Å². The molecule has 3 N–H and O–H groups in total. The van der Waals surface area contributed by atoms with Gasteiger partial charge in [-0.05, 0) is 42.5 Å². The average Bonchev–Trinajstić information content (AvgIpc) is 2.98. The molecular formula is C17H18N2O4S. The molecule has 0 spiro atoms. The van der Waals surface area contributed by atoms with Crippen LogP contribution in [-0.2, 0) is 9.59 Å². The van der Waals surface area contributed by atoms with Crippen molar-refractivity contribution < 1.29 is 19.5 Å². The smallest absolute Gasteiger partial charge is 0.307 e. The average molecular weight is 346 g/mol. The molecule has 2 bridgehead atoms. The van der Waals surface area contributed by atoms with Crippen molar-refractivity contribution in [3.8, 4) is 0 Å². The molecule has 0 radical (unpaired) electrons. The normalized spacial score (nSPS) is 30.3. The van der Waals surface area contributed by atoms with Gasteiger partial charge >= 0.3 is 5.97 Å². The van der Waals surface area contributed by atoms with Crippen molar-refractivity contribution >= 4 is 34.1 Å². The minimum absolute atomic E-state index is 0.0280. The van der Waals surface area contributed by atoms with Crippen molar-refractivity contribution in [1.82, 2.24) is 5.32 Å². The molecule has 7 heteroatoms. The van der Waals surface area contributed by atoms with Crippen LogP contribution in [0.25, 0.3) is 0 Å². The van der Waals surface area contributed by atoms with E-state index in [1.165, 1.54) is 11.3 Å². The largest absolute Gasteiger partial charge is 0.481 e. The number of carboxylic acid groups (broad SMARTS) is 1. The van der Waals surface area contributed by atoms with Gasteiger partial charge in [-0.2, -0.15) is 0 Å². The van der Waals surface area contributed by atoms with E-state index in [0.29, 0.717) is 17.0 Å². The van der Waals surface area contributed by atoms with Gasteiger partial charge in [-0.25, -0.2) is 0 Å². The first-order valence-electron chi connectivity index (χ1n) is 8.15. The second-order valence-electron chi connectivity index (χ2n) is 6.74. The summed E-state index contributed by atoms with van der Waals surface area (Å²) in [7, 11) is 0. The van der Waals surface area contributed by atoms with E-state index in [1.54, 1.807) is 11.4 Å². The third kappa shape index (κ3) is 2.62. The van der Waals surface area contributed by atoms with Gasteiger partial charge < -0.3 is 15.7 Å². The van der Waals surface area contributed by atoms with Gasteiger partial charge in [0, 0.05) is 6.04 Å². The number of fused-ring (bicyclic) bond motifs is 2. The zero-order valence-corrected chi connectivity index (χ0v) is 13.7. The first kappa shape index (κ1) is 15.4. The van der Waals surface area contributed by atoms with Gasteiger partial charge in [0.25, 0.3) is 5.91 Å². The van der Waals surface area contributed by atoms with Crippen LogP contribution in [0, 0.1) is 23.7 Å². The number of amides is 2. The van der Waals surface area contributed by atoms with Gasteiger partial charge in [0.1, 0.15) is 5.00 Å². The molecule has 4 rings (SSSR count). The molecule has 24 heavy (non-hydrogen) atoms. The fourth-order valence-corrected chi connectivity index (χ4v) is 4.57. The quantitative estimate of drug-likeness (QED) is 0.712. The summed E-state index contributed by atoms with van der Waals surface area (Å²) in [5, 5.41) is 17.4. The maximum Gasteiger partial charge on any atom is 0.307 e. The number of anilines is 1. The standard InChI is InChI=1S/C17H18N2O4S/c20-14(18-10-3-4-10)11-5-6-24-16(11)19-15(21)12-8-1-2-9(7-8)13(12)17(22)23/h1-2,5-6,8-10,12-13H,3-4,7H2,(H,18,20)(H,19,21)(H,22,23)/t8-,9+,12+,13+/m1/s1. The number of aliphatic carboxylic acids is 1. The number of carbonyl (C=O) groups is 3. The molecule has 3 aliphatic rings. The van der Waals surface area contributed by atoms with Crippen LogP contribution in [-0.4, -0.2) is 28.9 Å². The number of hydrogen-bond donors (Lipinski definition) is 3. The van der Waals surface area contributed by atoms with Crippen molar-refractivity contribution in [2.75, 3.05) is 5.32 Å². The molecule has 0 saturated heterocycles. The van der Waals surface area contributed by atoms with Crippen LogP contribution in [0.5, 0.6) is 0 Å². The molecule has 4 atom stereocenters. The van der Waals surface area contributed by atoms with E-state index in [-0.39, 0.29) is 29.7 Å². The van der Waals surface area contributed by atoms with Gasteiger partial charge in [-0.1, -0.05) is 12.2 Å². The van der Waals surface area contributed by atoms with E-state index in [0.717, 1.165) is 12.8 Å². The third-order valence-electron chi connectivity index (χ3n) is 5.11. The molecule has 2 saturated carbocycles. The molecular weight excluding hydrogens is 328 g/mol. The summed E-state index contributed by atoms with van der Waals surface area (Å²) in [6, 6.07) is 1.93. The van der Waals surface area contributed by atoms with Crippen LogP contribution >= 0.6 is 11.3 Å². The maximum absolute atomic E-state index is 12.7. The maximum atomic E-state index is 12.7. The second kappa shape index (κ2) is 5.73. The minimum Gasteiger partial charge on any atom is -0.481 e. The van der Waals surface area contributed by atoms with Crippen LogP contribution in [0.2, 0.25) is 0 Å². The zero-order chi connectivity index (χ0) is 16.8. The Morgan fingerprint density at radius 1 is 1.12 bits per heavy atom. The van der Waals surface area contributed by atoms with Gasteiger partial charge in [0.2, 0.25) is 5.91 Å². The van der Waals surface area contributed by atoms with Crippen molar-refractivity contribution in [2.24, 2.45) is 23.7 Å². The Hall–Kier alpha value is -2.15. The van der Waals surface area contributed by atoms with E-state index in [1.807, 2.05) is 12.2 Å². The molecule has 2 amide bonds. The van der Waals surface area contributed by atoms with Gasteiger partial charge in [0.05, 0.1) is 17.4 Å². The highest BCUT2D eigenvalue weighted by atomic mass is 32.1. The van der Waals surface area contributed by atoms with Gasteiger partial charge in [-0.3, -0.25) is 14.4 Å². The van der Waals surface area contributed by atoms with Crippen LogP contribution in [0.4, 0.5) is 5.00 Å². The van der Waals surface area contributed by atoms with Crippen molar-refractivity contribution in [3.63, 3.8) is 0 Å². The second-order valence-corrected chi connectivity index (χ2v) is 7.65. The van der Waals surface area contributed by atoms with E-state index in [9.17, 15) is 19.5 Å². The number of thiophene rings is 1. The Kier molecular flexibility index (Phi) is 3.68. The van der Waals surface area contributed by atoms with Crippen LogP contribution < -0.4 is 10.6 Å². The highest BCUT2D eigenvalue weighted by molar-refractivity contribution is 7.14. The Morgan fingerprint density at radius 2 is 1.83 bits per heavy atom. The molecule has 1 aromatic rings. The first-order valence-corrected chi connectivity index (χ1v) is 9.03. The predicted molar refractivity (Wildman–Crippen MR) is 88.8 cm³/mol. The topological polar surface area (TPSA) is 95.5 Å². The first-order chi connectivity index (χ1) is 11.5.